The van der Waals surface area contributed by atoms with E-state index in [1.165, 1.54) is 12.1 Å². The zero-order valence-electron chi connectivity index (χ0n) is 31.6. The lowest BCUT2D eigenvalue weighted by Crippen LogP contribution is -2.45. The summed E-state index contributed by atoms with van der Waals surface area (Å²) < 4.78 is 48.6. The van der Waals surface area contributed by atoms with Crippen LogP contribution in [0.1, 0.15) is 54.4 Å². The third-order valence-electron chi connectivity index (χ3n) is 9.54. The molecule has 2 aliphatic heterocycles. The van der Waals surface area contributed by atoms with E-state index in [2.05, 4.69) is 40.4 Å². The van der Waals surface area contributed by atoms with Gasteiger partial charge in [0.25, 0.3) is 15.9 Å². The number of anilines is 2. The number of aryl methyl sites for hydroxylation is 1. The topological polar surface area (TPSA) is 136 Å². The van der Waals surface area contributed by atoms with E-state index in [1.54, 1.807) is 23.1 Å². The van der Waals surface area contributed by atoms with Crippen molar-refractivity contribution in [1.82, 2.24) is 19.9 Å². The van der Waals surface area contributed by atoms with Crippen LogP contribution in [0.25, 0.3) is 11.3 Å². The fourth-order valence-corrected chi connectivity index (χ4v) is 7.84. The number of fused-ring (bicyclic) bond motifs is 4. The number of carbonyl (C=O) groups is 1. The van der Waals surface area contributed by atoms with Gasteiger partial charge in [-0.2, -0.15) is 4.98 Å². The molecule has 1 N–H and O–H groups in total. The zero-order chi connectivity index (χ0) is 38.6. The fourth-order valence-electron chi connectivity index (χ4n) is 6.85. The number of nitrogens with zero attached hydrogens (tertiary/aromatic N) is 5. The van der Waals surface area contributed by atoms with Crippen LogP contribution in [0.4, 0.5) is 11.6 Å². The van der Waals surface area contributed by atoms with Crippen LogP contribution in [-0.2, 0) is 27.9 Å². The van der Waals surface area contributed by atoms with E-state index in [4.69, 9.17) is 19.2 Å². The van der Waals surface area contributed by atoms with Crippen LogP contribution >= 0.6 is 0 Å². The minimum absolute atomic E-state index is 0.0718. The quantitative estimate of drug-likeness (QED) is 0.178. The molecule has 0 unspecified atom stereocenters. The van der Waals surface area contributed by atoms with E-state index in [0.29, 0.717) is 48.9 Å². The molecule has 0 spiro atoms. The third kappa shape index (κ3) is 9.23. The van der Waals surface area contributed by atoms with Gasteiger partial charge >= 0.3 is 0 Å². The Hall–Kier alpha value is -5.53. The number of benzene rings is 3. The zero-order valence-corrected chi connectivity index (χ0v) is 32.4. The summed E-state index contributed by atoms with van der Waals surface area (Å²) in [6.45, 7) is 11.7. The Morgan fingerprint density at radius 3 is 2.45 bits per heavy atom. The lowest BCUT2D eigenvalue weighted by atomic mass is 9.87. The summed E-state index contributed by atoms with van der Waals surface area (Å²) in [4.78, 5) is 32.4. The van der Waals surface area contributed by atoms with Gasteiger partial charge in [-0.25, -0.2) is 18.1 Å². The molecule has 1 atom stereocenters. The normalized spacial score (nSPS) is 17.2. The van der Waals surface area contributed by atoms with Gasteiger partial charge in [-0.15, -0.1) is 0 Å². The van der Waals surface area contributed by atoms with Crippen LogP contribution in [0.5, 0.6) is 11.6 Å². The van der Waals surface area contributed by atoms with Gasteiger partial charge in [-0.1, -0.05) is 69.3 Å². The molecule has 1 saturated heterocycles. The molecule has 3 aromatic carbocycles. The second-order valence-electron chi connectivity index (χ2n) is 15.0. The first kappa shape index (κ1) is 37.8. The fraction of sp³-hybridized carbons (Fsp3) is 0.333. The molecule has 0 radical (unpaired) electrons. The van der Waals surface area contributed by atoms with Crippen LogP contribution in [-0.4, -0.2) is 73.1 Å². The Bertz CT molecular complexity index is 2240. The number of hydrogen-bond acceptors (Lipinski definition) is 10. The van der Waals surface area contributed by atoms with Crippen LogP contribution < -0.4 is 19.1 Å². The molecule has 5 aromatic rings. The van der Waals surface area contributed by atoms with E-state index in [-0.39, 0.29) is 46.8 Å². The number of carbonyl (C=O) groups excluding carboxylic acids is 1. The van der Waals surface area contributed by atoms with Crippen molar-refractivity contribution in [3.8, 4) is 22.9 Å². The maximum absolute atomic E-state index is 14.6. The Balaban J connectivity index is 1.28. The SMILES string of the molecule is Cc1cccc(OCc2ccccc2)c1-c1cc2nc(n1)NS(=O)(=O)c1cccc(c1)C(=O)N(Cc1ccc(N3CCOCC3)cn1)[C@H](CC(C)(C)C)CO2. The Morgan fingerprint density at radius 1 is 0.927 bits per heavy atom. The number of rotatable bonds is 8. The first-order valence-corrected chi connectivity index (χ1v) is 19.9. The summed E-state index contributed by atoms with van der Waals surface area (Å²) in [7, 11) is -4.24. The van der Waals surface area contributed by atoms with Crippen molar-refractivity contribution >= 4 is 27.6 Å². The second-order valence-corrected chi connectivity index (χ2v) is 16.7. The Morgan fingerprint density at radius 2 is 1.71 bits per heavy atom. The van der Waals surface area contributed by atoms with E-state index < -0.39 is 16.1 Å². The predicted octanol–water partition coefficient (Wildman–Crippen LogP) is 6.90. The molecule has 13 heteroatoms. The van der Waals surface area contributed by atoms with Gasteiger partial charge in [0.15, 0.2) is 0 Å². The molecule has 1 fully saturated rings. The number of nitrogens with one attached hydrogen (secondary N) is 1. The van der Waals surface area contributed by atoms with Crippen molar-refractivity contribution in [3.63, 3.8) is 0 Å². The van der Waals surface area contributed by atoms with Gasteiger partial charge < -0.3 is 24.0 Å². The number of amides is 1. The molecule has 4 heterocycles. The third-order valence-corrected chi connectivity index (χ3v) is 10.9. The molecule has 1 amide bonds. The molecule has 0 saturated carbocycles. The highest BCUT2D eigenvalue weighted by Gasteiger charge is 2.32. The first-order chi connectivity index (χ1) is 26.4. The highest BCUT2D eigenvalue weighted by molar-refractivity contribution is 7.92. The summed E-state index contributed by atoms with van der Waals surface area (Å²) >= 11 is 0. The smallest absolute Gasteiger partial charge is 0.264 e. The molecule has 2 aromatic heterocycles. The second kappa shape index (κ2) is 16.1. The van der Waals surface area contributed by atoms with Crippen molar-refractivity contribution in [3.05, 3.63) is 120 Å². The number of pyridine rings is 1. The number of morpholine rings is 1. The van der Waals surface area contributed by atoms with Gasteiger partial charge in [0.05, 0.1) is 54.0 Å². The van der Waals surface area contributed by atoms with Gasteiger partial charge in [-0.05, 0) is 66.3 Å². The van der Waals surface area contributed by atoms with E-state index in [9.17, 15) is 13.2 Å². The van der Waals surface area contributed by atoms with Crippen molar-refractivity contribution < 1.29 is 27.4 Å². The van der Waals surface area contributed by atoms with Gasteiger partial charge in [0, 0.05) is 30.3 Å². The van der Waals surface area contributed by atoms with E-state index in [0.717, 1.165) is 29.9 Å². The van der Waals surface area contributed by atoms with Crippen LogP contribution in [0.3, 0.4) is 0 Å². The van der Waals surface area contributed by atoms with Crippen molar-refractivity contribution in [2.24, 2.45) is 5.41 Å². The van der Waals surface area contributed by atoms with Crippen LogP contribution in [0.2, 0.25) is 0 Å². The van der Waals surface area contributed by atoms with E-state index in [1.807, 2.05) is 73.8 Å². The minimum atomic E-state index is -4.24. The van der Waals surface area contributed by atoms with E-state index >= 15 is 0 Å². The molecule has 286 valence electrons. The number of aromatic nitrogens is 3. The largest absolute Gasteiger partial charge is 0.488 e. The van der Waals surface area contributed by atoms with Crippen molar-refractivity contribution in [2.75, 3.05) is 42.5 Å². The molecular formula is C42H46N6O6S. The van der Waals surface area contributed by atoms with Gasteiger partial charge in [0.2, 0.25) is 11.8 Å². The minimum Gasteiger partial charge on any atom is -0.488 e. The molecule has 0 aliphatic carbocycles. The summed E-state index contributed by atoms with van der Waals surface area (Å²) in [5.74, 6) is 0.203. The summed E-state index contributed by atoms with van der Waals surface area (Å²) in [6.07, 6.45) is 2.40. The van der Waals surface area contributed by atoms with Crippen LogP contribution in [0, 0.1) is 12.3 Å². The summed E-state index contributed by atoms with van der Waals surface area (Å²) in [5.41, 5.74) is 4.63. The molecule has 4 bridgehead atoms. The first-order valence-electron chi connectivity index (χ1n) is 18.4. The number of sulfonamides is 1. The van der Waals surface area contributed by atoms with Gasteiger partial charge in [-0.3, -0.25) is 9.78 Å². The van der Waals surface area contributed by atoms with Crippen LogP contribution in [0.15, 0.2) is 102 Å². The number of ether oxygens (including phenoxy) is 3. The predicted molar refractivity (Wildman–Crippen MR) is 211 cm³/mol. The molecule has 2 aliphatic rings. The van der Waals surface area contributed by atoms with Crippen molar-refractivity contribution in [2.45, 2.75) is 58.2 Å². The highest BCUT2D eigenvalue weighted by atomic mass is 32.2. The lowest BCUT2D eigenvalue weighted by Gasteiger charge is -2.35. The highest BCUT2D eigenvalue weighted by Crippen LogP contribution is 2.36. The Labute approximate surface area is 322 Å². The maximum atomic E-state index is 14.6. The average Bonchev–Trinajstić information content (AvgIpc) is 3.18. The monoisotopic (exact) mass is 762 g/mol. The lowest BCUT2D eigenvalue weighted by molar-refractivity contribution is 0.0509. The standard InChI is InChI=1S/C42H46N6O6S/c1-29-10-8-15-37(53-27-30-11-6-5-7-12-30)39(29)36-23-38-45-41(44-36)46-55(50,51)35-14-9-13-31(22-35)40(49)48(34(28-54-38)24-42(2,3)4)26-32-16-17-33(25-43-32)47-18-20-52-21-19-47/h5-17,22-23,25,34H,18-21,24,26-28H2,1-4H3,(H,44,45,46)/t34-/m1/s1. The number of hydrogen-bond donors (Lipinski definition) is 1. The van der Waals surface area contributed by atoms with Gasteiger partial charge in [0.1, 0.15) is 19.0 Å². The molecule has 7 rings (SSSR count). The molecular weight excluding hydrogens is 717 g/mol. The molecule has 55 heavy (non-hydrogen) atoms. The summed E-state index contributed by atoms with van der Waals surface area (Å²) in [6, 6.07) is 26.7. The molecule has 12 nitrogen and oxygen atoms in total. The summed E-state index contributed by atoms with van der Waals surface area (Å²) in [5, 5.41) is 0. The Kier molecular flexibility index (Phi) is 11.0. The maximum Gasteiger partial charge on any atom is 0.264 e. The average molecular weight is 763 g/mol. The van der Waals surface area contributed by atoms with Crippen molar-refractivity contribution in [1.29, 1.82) is 0 Å².